The maximum atomic E-state index is 6.13. The Balaban J connectivity index is 2.39. The van der Waals surface area contributed by atoms with Crippen LogP contribution in [0, 0.1) is 5.41 Å². The Morgan fingerprint density at radius 2 is 2.00 bits per heavy atom. The number of rotatable bonds is 2. The lowest BCUT2D eigenvalue weighted by atomic mass is 9.68. The molecule has 2 nitrogen and oxygen atoms in total. The predicted octanol–water partition coefficient (Wildman–Crippen LogP) is 3.62. The van der Waals surface area contributed by atoms with E-state index in [9.17, 15) is 0 Å². The Hall–Kier alpha value is -0.730. The van der Waals surface area contributed by atoms with E-state index in [1.165, 1.54) is 0 Å². The Morgan fingerprint density at radius 1 is 1.31 bits per heavy atom. The lowest BCUT2D eigenvalue weighted by Gasteiger charge is -2.54. The van der Waals surface area contributed by atoms with Crippen LogP contribution < -0.4 is 4.74 Å². The van der Waals surface area contributed by atoms with Gasteiger partial charge in [-0.25, -0.2) is 0 Å². The molecule has 1 aromatic carbocycles. The summed E-state index contributed by atoms with van der Waals surface area (Å²) in [5.41, 5.74) is 1.00. The number of ether oxygens (including phenoxy) is 2. The van der Waals surface area contributed by atoms with Gasteiger partial charge in [-0.1, -0.05) is 31.5 Å². The molecule has 0 saturated carbocycles. The Kier molecular flexibility index (Phi) is 2.67. The van der Waals surface area contributed by atoms with Crippen LogP contribution in [-0.2, 0) is 10.3 Å². The summed E-state index contributed by atoms with van der Waals surface area (Å²) >= 11 is 6.13. The molecule has 0 N–H and O–H groups in total. The van der Waals surface area contributed by atoms with E-state index in [1.54, 1.807) is 7.11 Å². The van der Waals surface area contributed by atoms with Gasteiger partial charge in [-0.2, -0.15) is 0 Å². The normalized spacial score (nSPS) is 27.3. The smallest absolute Gasteiger partial charge is 0.137 e. The molecule has 0 radical (unpaired) electrons. The summed E-state index contributed by atoms with van der Waals surface area (Å²) in [5, 5.41) is 0.632. The third-order valence-electron chi connectivity index (χ3n) is 3.72. The van der Waals surface area contributed by atoms with Crippen LogP contribution in [0.3, 0.4) is 0 Å². The van der Waals surface area contributed by atoms with Gasteiger partial charge in [0.1, 0.15) is 5.75 Å². The molecule has 88 valence electrons. The number of hydrogen-bond acceptors (Lipinski definition) is 2. The Bertz CT molecular complexity index is 414. The van der Waals surface area contributed by atoms with Gasteiger partial charge in [0, 0.05) is 5.41 Å². The molecule has 1 unspecified atom stereocenters. The highest BCUT2D eigenvalue weighted by atomic mass is 35.5. The minimum Gasteiger partial charge on any atom is -0.495 e. The van der Waals surface area contributed by atoms with E-state index in [2.05, 4.69) is 20.8 Å². The molecule has 0 aliphatic carbocycles. The molecule has 1 atom stereocenters. The molecule has 1 aliphatic heterocycles. The van der Waals surface area contributed by atoms with E-state index >= 15 is 0 Å². The van der Waals surface area contributed by atoms with Crippen molar-refractivity contribution in [2.75, 3.05) is 13.7 Å². The number of benzene rings is 1. The lowest BCUT2D eigenvalue weighted by Crippen LogP contribution is -2.55. The van der Waals surface area contributed by atoms with E-state index in [0.717, 1.165) is 12.2 Å². The molecule has 0 bridgehead atoms. The second kappa shape index (κ2) is 3.64. The molecular formula is C13H17ClO2. The molecule has 1 aliphatic rings. The topological polar surface area (TPSA) is 18.5 Å². The monoisotopic (exact) mass is 240 g/mol. The zero-order valence-corrected chi connectivity index (χ0v) is 10.9. The predicted molar refractivity (Wildman–Crippen MR) is 65.1 cm³/mol. The second-order valence-corrected chi connectivity index (χ2v) is 5.46. The largest absolute Gasteiger partial charge is 0.495 e. The van der Waals surface area contributed by atoms with Gasteiger partial charge in [-0.3, -0.25) is 0 Å². The molecule has 16 heavy (non-hydrogen) atoms. The Labute approximate surface area is 102 Å². The third-order valence-corrected chi connectivity index (χ3v) is 4.01. The fourth-order valence-electron chi connectivity index (χ4n) is 2.01. The summed E-state index contributed by atoms with van der Waals surface area (Å²) in [4.78, 5) is 0. The van der Waals surface area contributed by atoms with Crippen LogP contribution in [-0.4, -0.2) is 13.7 Å². The molecule has 1 saturated heterocycles. The van der Waals surface area contributed by atoms with Gasteiger partial charge in [-0.15, -0.1) is 0 Å². The van der Waals surface area contributed by atoms with Crippen molar-refractivity contribution in [1.29, 1.82) is 0 Å². The van der Waals surface area contributed by atoms with Crippen LogP contribution in [0.2, 0.25) is 5.02 Å². The molecule has 0 spiro atoms. The van der Waals surface area contributed by atoms with Crippen molar-refractivity contribution in [2.45, 2.75) is 26.4 Å². The molecule has 1 fully saturated rings. The van der Waals surface area contributed by atoms with Crippen LogP contribution in [0.25, 0.3) is 0 Å². The van der Waals surface area contributed by atoms with Crippen molar-refractivity contribution in [2.24, 2.45) is 5.41 Å². The van der Waals surface area contributed by atoms with Crippen molar-refractivity contribution in [1.82, 2.24) is 0 Å². The average molecular weight is 241 g/mol. The average Bonchev–Trinajstić information content (AvgIpc) is 2.26. The fourth-order valence-corrected chi connectivity index (χ4v) is 2.27. The first-order valence-corrected chi connectivity index (χ1v) is 5.76. The SMILES string of the molecule is COc1ccc(C2(C)OCC2(C)C)cc1Cl. The summed E-state index contributed by atoms with van der Waals surface area (Å²) in [7, 11) is 1.62. The third kappa shape index (κ3) is 1.52. The zero-order chi connectivity index (χ0) is 12.0. The maximum Gasteiger partial charge on any atom is 0.137 e. The van der Waals surface area contributed by atoms with Crippen molar-refractivity contribution in [3.63, 3.8) is 0 Å². The number of hydrogen-bond donors (Lipinski definition) is 0. The van der Waals surface area contributed by atoms with Gasteiger partial charge < -0.3 is 9.47 Å². The number of halogens is 1. The minimum absolute atomic E-state index is 0.144. The van der Waals surface area contributed by atoms with Gasteiger partial charge in [0.25, 0.3) is 0 Å². The van der Waals surface area contributed by atoms with E-state index in [1.807, 2.05) is 18.2 Å². The van der Waals surface area contributed by atoms with Gasteiger partial charge in [0.2, 0.25) is 0 Å². The summed E-state index contributed by atoms with van der Waals surface area (Å²) in [6.45, 7) is 7.30. The fraction of sp³-hybridized carbons (Fsp3) is 0.538. The van der Waals surface area contributed by atoms with Crippen molar-refractivity contribution in [3.8, 4) is 5.75 Å². The van der Waals surface area contributed by atoms with Crippen LogP contribution >= 0.6 is 11.6 Å². The Morgan fingerprint density at radius 3 is 2.38 bits per heavy atom. The van der Waals surface area contributed by atoms with E-state index in [4.69, 9.17) is 21.1 Å². The second-order valence-electron chi connectivity index (χ2n) is 5.06. The van der Waals surface area contributed by atoms with E-state index in [-0.39, 0.29) is 11.0 Å². The quantitative estimate of drug-likeness (QED) is 0.786. The van der Waals surface area contributed by atoms with Crippen LogP contribution in [0.5, 0.6) is 5.75 Å². The highest BCUT2D eigenvalue weighted by molar-refractivity contribution is 6.32. The molecular weight excluding hydrogens is 224 g/mol. The van der Waals surface area contributed by atoms with Gasteiger partial charge in [0.05, 0.1) is 24.3 Å². The molecule has 1 heterocycles. The molecule has 3 heteroatoms. The van der Waals surface area contributed by atoms with Crippen molar-refractivity contribution < 1.29 is 9.47 Å². The van der Waals surface area contributed by atoms with Gasteiger partial charge >= 0.3 is 0 Å². The highest BCUT2D eigenvalue weighted by Gasteiger charge is 2.52. The summed E-state index contributed by atoms with van der Waals surface area (Å²) in [5.74, 6) is 0.700. The van der Waals surface area contributed by atoms with E-state index in [0.29, 0.717) is 10.8 Å². The molecule has 0 aromatic heterocycles. The van der Waals surface area contributed by atoms with Gasteiger partial charge in [0.15, 0.2) is 0 Å². The first-order valence-electron chi connectivity index (χ1n) is 5.39. The minimum atomic E-state index is -0.247. The molecule has 1 aromatic rings. The first-order chi connectivity index (χ1) is 7.40. The summed E-state index contributed by atoms with van der Waals surface area (Å²) in [6, 6.07) is 5.84. The summed E-state index contributed by atoms with van der Waals surface area (Å²) in [6.07, 6.45) is 0. The van der Waals surface area contributed by atoms with Crippen LogP contribution in [0.4, 0.5) is 0 Å². The highest BCUT2D eigenvalue weighted by Crippen LogP contribution is 2.51. The van der Waals surface area contributed by atoms with E-state index < -0.39 is 0 Å². The number of methoxy groups -OCH3 is 1. The van der Waals surface area contributed by atoms with Crippen LogP contribution in [0.15, 0.2) is 18.2 Å². The van der Waals surface area contributed by atoms with Crippen LogP contribution in [0.1, 0.15) is 26.3 Å². The first kappa shape index (κ1) is 11.7. The lowest BCUT2D eigenvalue weighted by molar-refractivity contribution is -0.250. The maximum absolute atomic E-state index is 6.13. The standard InChI is InChI=1S/C13H17ClO2/c1-12(2)8-16-13(12,3)9-5-6-11(15-4)10(14)7-9/h5-7H,8H2,1-4H3. The summed E-state index contributed by atoms with van der Waals surface area (Å²) < 4.78 is 10.9. The van der Waals surface area contributed by atoms with Gasteiger partial charge in [-0.05, 0) is 24.6 Å². The zero-order valence-electron chi connectivity index (χ0n) is 10.1. The van der Waals surface area contributed by atoms with Crippen molar-refractivity contribution >= 4 is 11.6 Å². The van der Waals surface area contributed by atoms with Crippen molar-refractivity contribution in [3.05, 3.63) is 28.8 Å². The molecule has 2 rings (SSSR count). The molecule has 0 amide bonds.